The lowest BCUT2D eigenvalue weighted by Gasteiger charge is -2.26. The molecule has 0 bridgehead atoms. The number of nitrogens with two attached hydrogens (primary N) is 1. The second-order valence-corrected chi connectivity index (χ2v) is 6.32. The van der Waals surface area contributed by atoms with Gasteiger partial charge in [-0.05, 0) is 37.6 Å². The van der Waals surface area contributed by atoms with Gasteiger partial charge in [0.25, 0.3) is 0 Å². The lowest BCUT2D eigenvalue weighted by molar-refractivity contribution is 0.0320. The Morgan fingerprint density at radius 1 is 1.21 bits per heavy atom. The van der Waals surface area contributed by atoms with Gasteiger partial charge < -0.3 is 15.2 Å². The highest BCUT2D eigenvalue weighted by molar-refractivity contribution is 5.37. The highest BCUT2D eigenvalue weighted by atomic mass is 16.5. The summed E-state index contributed by atoms with van der Waals surface area (Å²) in [5, 5.41) is 0. The minimum atomic E-state index is 0.529. The van der Waals surface area contributed by atoms with Gasteiger partial charge in [-0.2, -0.15) is 4.98 Å². The third-order valence-electron chi connectivity index (χ3n) is 4.13. The van der Waals surface area contributed by atoms with Crippen molar-refractivity contribution in [1.29, 1.82) is 0 Å². The van der Waals surface area contributed by atoms with Crippen molar-refractivity contribution in [2.75, 3.05) is 58.3 Å². The van der Waals surface area contributed by atoms with Crippen LogP contribution in [0.15, 0.2) is 12.1 Å². The van der Waals surface area contributed by atoms with Gasteiger partial charge in [-0.3, -0.25) is 9.80 Å². The van der Waals surface area contributed by atoms with Crippen LogP contribution in [0.2, 0.25) is 0 Å². The minimum absolute atomic E-state index is 0.529. The fraction of sp³-hybridized carbons (Fsp3) is 0.722. The van der Waals surface area contributed by atoms with Crippen LogP contribution in [0.3, 0.4) is 0 Å². The molecule has 1 aromatic heterocycles. The van der Waals surface area contributed by atoms with Gasteiger partial charge in [-0.25, -0.2) is 0 Å². The molecule has 2 N–H and O–H groups in total. The first-order valence-corrected chi connectivity index (χ1v) is 9.13. The van der Waals surface area contributed by atoms with Crippen LogP contribution in [0.4, 0.5) is 5.82 Å². The van der Waals surface area contributed by atoms with Crippen LogP contribution >= 0.6 is 0 Å². The van der Waals surface area contributed by atoms with E-state index < -0.39 is 0 Å². The van der Waals surface area contributed by atoms with Crippen LogP contribution in [0.5, 0.6) is 5.88 Å². The predicted molar refractivity (Wildman–Crippen MR) is 97.3 cm³/mol. The van der Waals surface area contributed by atoms with E-state index in [2.05, 4.69) is 28.6 Å². The number of anilines is 1. The number of aromatic nitrogens is 1. The fourth-order valence-corrected chi connectivity index (χ4v) is 3.01. The largest absolute Gasteiger partial charge is 0.476 e. The molecule has 2 heterocycles. The highest BCUT2D eigenvalue weighted by Crippen LogP contribution is 2.16. The van der Waals surface area contributed by atoms with E-state index in [1.54, 1.807) is 0 Å². The van der Waals surface area contributed by atoms with Crippen molar-refractivity contribution < 1.29 is 9.47 Å². The Kier molecular flexibility index (Phi) is 8.28. The van der Waals surface area contributed by atoms with Gasteiger partial charge in [-0.15, -0.1) is 0 Å². The maximum absolute atomic E-state index is 5.96. The van der Waals surface area contributed by atoms with Gasteiger partial charge in [0.2, 0.25) is 5.88 Å². The molecule has 0 unspecified atom stereocenters. The van der Waals surface area contributed by atoms with Gasteiger partial charge in [-0.1, -0.05) is 13.8 Å². The topological polar surface area (TPSA) is 63.8 Å². The van der Waals surface area contributed by atoms with E-state index in [1.165, 1.54) is 5.56 Å². The normalized spacial score (nSPS) is 15.8. The van der Waals surface area contributed by atoms with Crippen molar-refractivity contribution in [2.45, 2.75) is 33.2 Å². The lowest BCUT2D eigenvalue weighted by atomic mass is 10.2. The van der Waals surface area contributed by atoms with Crippen molar-refractivity contribution in [1.82, 2.24) is 14.8 Å². The first-order chi connectivity index (χ1) is 11.7. The maximum atomic E-state index is 5.96. The van der Waals surface area contributed by atoms with Crippen LogP contribution in [0.25, 0.3) is 0 Å². The molecule has 24 heavy (non-hydrogen) atoms. The van der Waals surface area contributed by atoms with Crippen LogP contribution in [0.1, 0.15) is 32.3 Å². The molecule has 0 spiro atoms. The second kappa shape index (κ2) is 10.5. The Bertz CT molecular complexity index is 472. The van der Waals surface area contributed by atoms with Crippen molar-refractivity contribution in [3.63, 3.8) is 0 Å². The summed E-state index contributed by atoms with van der Waals surface area (Å²) in [7, 11) is 0. The summed E-state index contributed by atoms with van der Waals surface area (Å²) in [4.78, 5) is 9.11. The molecule has 0 aliphatic carbocycles. The van der Waals surface area contributed by atoms with Gasteiger partial charge in [0.15, 0.2) is 0 Å². The number of hydrogen-bond acceptors (Lipinski definition) is 6. The quantitative estimate of drug-likeness (QED) is 0.705. The van der Waals surface area contributed by atoms with E-state index in [0.717, 1.165) is 65.3 Å². The second-order valence-electron chi connectivity index (χ2n) is 6.32. The van der Waals surface area contributed by atoms with Gasteiger partial charge in [0.1, 0.15) is 12.4 Å². The number of nitrogens with zero attached hydrogens (tertiary/aromatic N) is 3. The molecule has 1 aromatic rings. The van der Waals surface area contributed by atoms with E-state index in [9.17, 15) is 0 Å². The van der Waals surface area contributed by atoms with Crippen LogP contribution in [0, 0.1) is 0 Å². The van der Waals surface area contributed by atoms with E-state index in [1.807, 2.05) is 12.1 Å². The van der Waals surface area contributed by atoms with E-state index >= 15 is 0 Å². The summed E-state index contributed by atoms with van der Waals surface area (Å²) in [5.74, 6) is 1.16. The van der Waals surface area contributed by atoms with E-state index in [0.29, 0.717) is 18.3 Å². The standard InChI is InChI=1S/C18H32N4O2/c1-3-5-22(6-4-2)15-16-13-17(19)20-18(14-16)24-12-9-21-7-10-23-11-8-21/h13-14H,3-12,15H2,1-2H3,(H2,19,20). The summed E-state index contributed by atoms with van der Waals surface area (Å²) >= 11 is 0. The Labute approximate surface area is 145 Å². The van der Waals surface area contributed by atoms with Crippen molar-refractivity contribution >= 4 is 5.82 Å². The van der Waals surface area contributed by atoms with Crippen molar-refractivity contribution in [2.24, 2.45) is 0 Å². The zero-order valence-electron chi connectivity index (χ0n) is 15.2. The average Bonchev–Trinajstić information content (AvgIpc) is 2.56. The number of pyridine rings is 1. The minimum Gasteiger partial charge on any atom is -0.476 e. The summed E-state index contributed by atoms with van der Waals surface area (Å²) in [5.41, 5.74) is 7.13. The third-order valence-corrected chi connectivity index (χ3v) is 4.13. The number of hydrogen-bond donors (Lipinski definition) is 1. The van der Waals surface area contributed by atoms with E-state index in [-0.39, 0.29) is 0 Å². The molecule has 6 heteroatoms. The lowest BCUT2D eigenvalue weighted by Crippen LogP contribution is -2.38. The average molecular weight is 336 g/mol. The molecule has 0 aromatic carbocycles. The molecule has 1 aliphatic rings. The molecule has 136 valence electrons. The molecule has 0 radical (unpaired) electrons. The fourth-order valence-electron chi connectivity index (χ4n) is 3.01. The Balaban J connectivity index is 1.87. The predicted octanol–water partition coefficient (Wildman–Crippen LogP) is 2.00. The molecule has 0 saturated carbocycles. The molecule has 1 fully saturated rings. The number of nitrogen functional groups attached to an aromatic ring is 1. The van der Waals surface area contributed by atoms with Crippen molar-refractivity contribution in [3.8, 4) is 5.88 Å². The van der Waals surface area contributed by atoms with Crippen LogP contribution < -0.4 is 10.5 Å². The van der Waals surface area contributed by atoms with Gasteiger partial charge in [0, 0.05) is 32.2 Å². The maximum Gasteiger partial charge on any atom is 0.215 e. The molecule has 0 atom stereocenters. The number of ether oxygens (including phenoxy) is 2. The van der Waals surface area contributed by atoms with Crippen LogP contribution in [-0.4, -0.2) is 67.3 Å². The Morgan fingerprint density at radius 3 is 2.58 bits per heavy atom. The molecule has 2 rings (SSSR count). The summed E-state index contributed by atoms with van der Waals surface area (Å²) in [6, 6.07) is 3.97. The monoisotopic (exact) mass is 336 g/mol. The van der Waals surface area contributed by atoms with Crippen LogP contribution in [-0.2, 0) is 11.3 Å². The van der Waals surface area contributed by atoms with E-state index in [4.69, 9.17) is 15.2 Å². The van der Waals surface area contributed by atoms with Crippen molar-refractivity contribution in [3.05, 3.63) is 17.7 Å². The Morgan fingerprint density at radius 2 is 1.92 bits per heavy atom. The molecular formula is C18H32N4O2. The number of rotatable bonds is 10. The molecular weight excluding hydrogens is 304 g/mol. The summed E-state index contributed by atoms with van der Waals surface area (Å²) in [6.45, 7) is 12.6. The smallest absolute Gasteiger partial charge is 0.215 e. The first-order valence-electron chi connectivity index (χ1n) is 9.13. The molecule has 1 saturated heterocycles. The Hall–Kier alpha value is -1.37. The number of morpholine rings is 1. The molecule has 1 aliphatic heterocycles. The summed E-state index contributed by atoms with van der Waals surface area (Å²) in [6.07, 6.45) is 2.31. The molecule has 6 nitrogen and oxygen atoms in total. The zero-order chi connectivity index (χ0) is 17.2. The first kappa shape index (κ1) is 19.0. The summed E-state index contributed by atoms with van der Waals surface area (Å²) < 4.78 is 11.2. The molecule has 0 amide bonds. The van der Waals surface area contributed by atoms with Gasteiger partial charge >= 0.3 is 0 Å². The van der Waals surface area contributed by atoms with Gasteiger partial charge in [0.05, 0.1) is 13.2 Å². The zero-order valence-corrected chi connectivity index (χ0v) is 15.2. The third kappa shape index (κ3) is 6.63. The SMILES string of the molecule is CCCN(CCC)Cc1cc(N)nc(OCCN2CCOCC2)c1. The highest BCUT2D eigenvalue weighted by Gasteiger charge is 2.11.